The zero-order valence-corrected chi connectivity index (χ0v) is 13.0. The van der Waals surface area contributed by atoms with Gasteiger partial charge in [0, 0.05) is 18.7 Å². The first-order chi connectivity index (χ1) is 10.7. The average molecular weight is 316 g/mol. The molecule has 1 atom stereocenters. The van der Waals surface area contributed by atoms with E-state index < -0.39 is 0 Å². The summed E-state index contributed by atoms with van der Waals surface area (Å²) in [7, 11) is 0. The third-order valence-corrected chi connectivity index (χ3v) is 4.32. The van der Waals surface area contributed by atoms with E-state index in [1.807, 2.05) is 24.3 Å². The lowest BCUT2D eigenvalue weighted by Crippen LogP contribution is -2.28. The van der Waals surface area contributed by atoms with Gasteiger partial charge in [-0.3, -0.25) is 9.59 Å². The van der Waals surface area contributed by atoms with Gasteiger partial charge in [0.05, 0.1) is 5.92 Å². The topological polar surface area (TPSA) is 75.2 Å². The Balaban J connectivity index is 1.71. The largest absolute Gasteiger partial charge is 0.312 e. The quantitative estimate of drug-likeness (QED) is 0.937. The highest BCUT2D eigenvalue weighted by Gasteiger charge is 2.35. The Labute approximate surface area is 132 Å². The average Bonchev–Trinajstić information content (AvgIpc) is 3.17. The first kappa shape index (κ1) is 14.6. The summed E-state index contributed by atoms with van der Waals surface area (Å²) in [4.78, 5) is 26.1. The zero-order chi connectivity index (χ0) is 15.5. The lowest BCUT2D eigenvalue weighted by molar-refractivity contribution is -0.122. The molecule has 2 heterocycles. The van der Waals surface area contributed by atoms with Crippen LogP contribution in [0.4, 0.5) is 10.8 Å². The maximum Gasteiger partial charge on any atom is 0.231 e. The molecule has 0 saturated carbocycles. The van der Waals surface area contributed by atoms with E-state index in [-0.39, 0.29) is 24.2 Å². The van der Waals surface area contributed by atoms with E-state index in [2.05, 4.69) is 22.4 Å². The van der Waals surface area contributed by atoms with Crippen LogP contribution < -0.4 is 10.2 Å². The van der Waals surface area contributed by atoms with Crippen LogP contribution >= 0.6 is 11.3 Å². The molecule has 7 heteroatoms. The van der Waals surface area contributed by atoms with Crippen molar-refractivity contribution in [1.29, 1.82) is 0 Å². The number of nitrogens with one attached hydrogen (secondary N) is 1. The third kappa shape index (κ3) is 2.99. The molecule has 1 aliphatic heterocycles. The smallest absolute Gasteiger partial charge is 0.231 e. The van der Waals surface area contributed by atoms with Gasteiger partial charge in [-0.25, -0.2) is 0 Å². The first-order valence-electron chi connectivity index (χ1n) is 7.13. The van der Waals surface area contributed by atoms with E-state index in [0.29, 0.717) is 11.7 Å². The molecule has 114 valence electrons. The van der Waals surface area contributed by atoms with Crippen molar-refractivity contribution in [3.05, 3.63) is 35.3 Å². The summed E-state index contributed by atoms with van der Waals surface area (Å²) in [5, 5.41) is 10.6. The van der Waals surface area contributed by atoms with Crippen molar-refractivity contribution >= 4 is 34.0 Å². The van der Waals surface area contributed by atoms with Crippen molar-refractivity contribution < 1.29 is 9.59 Å². The van der Waals surface area contributed by atoms with Gasteiger partial charge in [0.15, 0.2) is 0 Å². The van der Waals surface area contributed by atoms with Crippen molar-refractivity contribution in [2.45, 2.75) is 19.8 Å². The molecular formula is C15H16N4O2S. The van der Waals surface area contributed by atoms with Gasteiger partial charge in [0.1, 0.15) is 5.51 Å². The minimum atomic E-state index is -0.360. The number of nitrogens with zero attached hydrogens (tertiary/aromatic N) is 3. The highest BCUT2D eigenvalue weighted by atomic mass is 32.1. The van der Waals surface area contributed by atoms with Gasteiger partial charge in [-0.15, -0.1) is 10.2 Å². The van der Waals surface area contributed by atoms with Gasteiger partial charge in [-0.05, 0) is 24.1 Å². The Bertz CT molecular complexity index is 687. The number of carbonyl (C=O) groups excluding carboxylic acids is 2. The van der Waals surface area contributed by atoms with Gasteiger partial charge in [0.2, 0.25) is 16.9 Å². The molecule has 1 aromatic carbocycles. The highest BCUT2D eigenvalue weighted by Crippen LogP contribution is 2.27. The van der Waals surface area contributed by atoms with E-state index in [1.165, 1.54) is 16.9 Å². The van der Waals surface area contributed by atoms with Crippen LogP contribution in [0.5, 0.6) is 0 Å². The predicted molar refractivity (Wildman–Crippen MR) is 84.8 cm³/mol. The number of hydrogen-bond acceptors (Lipinski definition) is 5. The number of carbonyl (C=O) groups is 2. The van der Waals surface area contributed by atoms with Crippen LogP contribution in [-0.2, 0) is 16.0 Å². The molecule has 0 aliphatic carbocycles. The fourth-order valence-electron chi connectivity index (χ4n) is 2.51. The minimum Gasteiger partial charge on any atom is -0.312 e. The van der Waals surface area contributed by atoms with Gasteiger partial charge in [-0.1, -0.05) is 30.4 Å². The van der Waals surface area contributed by atoms with Crippen molar-refractivity contribution in [2.75, 3.05) is 16.8 Å². The lowest BCUT2D eigenvalue weighted by atomic mass is 10.1. The molecule has 2 amide bonds. The van der Waals surface area contributed by atoms with Crippen molar-refractivity contribution in [3.8, 4) is 0 Å². The number of aryl methyl sites for hydroxylation is 1. The van der Waals surface area contributed by atoms with E-state index in [1.54, 1.807) is 10.4 Å². The maximum absolute atomic E-state index is 12.2. The molecule has 1 aromatic heterocycles. The Morgan fingerprint density at radius 1 is 1.50 bits per heavy atom. The molecule has 0 spiro atoms. The Hall–Kier alpha value is -2.28. The standard InChI is InChI=1S/C15H16N4O2S/c1-2-10-4-3-5-12(6-10)19-8-11(7-13(19)20)14(21)17-15-18-16-9-22-15/h3-6,9,11H,2,7-8H2,1H3,(H,17,18,21). The monoisotopic (exact) mass is 316 g/mol. The summed E-state index contributed by atoms with van der Waals surface area (Å²) in [5.41, 5.74) is 3.58. The van der Waals surface area contributed by atoms with Crippen LogP contribution in [0.2, 0.25) is 0 Å². The second-order valence-electron chi connectivity index (χ2n) is 5.16. The summed E-state index contributed by atoms with van der Waals surface area (Å²) in [6.45, 7) is 2.47. The van der Waals surface area contributed by atoms with Crippen LogP contribution in [0, 0.1) is 5.92 Å². The highest BCUT2D eigenvalue weighted by molar-refractivity contribution is 7.13. The van der Waals surface area contributed by atoms with Crippen LogP contribution in [0.1, 0.15) is 18.9 Å². The Kier molecular flexibility index (Phi) is 4.15. The number of aromatic nitrogens is 2. The molecule has 3 rings (SSSR count). The molecule has 1 aliphatic rings. The molecule has 1 unspecified atom stereocenters. The van der Waals surface area contributed by atoms with Crippen LogP contribution in [0.25, 0.3) is 0 Å². The fraction of sp³-hybridized carbons (Fsp3) is 0.333. The van der Waals surface area contributed by atoms with Crippen molar-refractivity contribution in [2.24, 2.45) is 5.92 Å². The van der Waals surface area contributed by atoms with E-state index >= 15 is 0 Å². The molecule has 1 N–H and O–H groups in total. The number of hydrogen-bond donors (Lipinski definition) is 1. The Morgan fingerprint density at radius 2 is 2.36 bits per heavy atom. The summed E-state index contributed by atoms with van der Waals surface area (Å²) in [5.74, 6) is -0.563. The van der Waals surface area contributed by atoms with Crippen LogP contribution in [0.3, 0.4) is 0 Å². The van der Waals surface area contributed by atoms with E-state index in [0.717, 1.165) is 12.1 Å². The van der Waals surface area contributed by atoms with Crippen LogP contribution in [-0.4, -0.2) is 28.6 Å². The summed E-state index contributed by atoms with van der Waals surface area (Å²) >= 11 is 1.26. The molecule has 0 radical (unpaired) electrons. The maximum atomic E-state index is 12.2. The minimum absolute atomic E-state index is 0.0225. The van der Waals surface area contributed by atoms with Gasteiger partial charge >= 0.3 is 0 Å². The molecule has 1 fully saturated rings. The van der Waals surface area contributed by atoms with Crippen molar-refractivity contribution in [3.63, 3.8) is 0 Å². The molecular weight excluding hydrogens is 300 g/mol. The van der Waals surface area contributed by atoms with Gasteiger partial charge in [-0.2, -0.15) is 0 Å². The van der Waals surface area contributed by atoms with Gasteiger partial charge < -0.3 is 10.2 Å². The summed E-state index contributed by atoms with van der Waals surface area (Å²) < 4.78 is 0. The number of anilines is 2. The molecule has 0 bridgehead atoms. The second kappa shape index (κ2) is 6.23. The summed E-state index contributed by atoms with van der Waals surface area (Å²) in [6, 6.07) is 7.88. The van der Waals surface area contributed by atoms with E-state index in [9.17, 15) is 9.59 Å². The zero-order valence-electron chi connectivity index (χ0n) is 12.2. The molecule has 2 aromatic rings. The Morgan fingerprint density at radius 3 is 3.09 bits per heavy atom. The lowest BCUT2D eigenvalue weighted by Gasteiger charge is -2.17. The molecule has 1 saturated heterocycles. The second-order valence-corrected chi connectivity index (χ2v) is 6.00. The SMILES string of the molecule is CCc1cccc(N2CC(C(=O)Nc3nncs3)CC2=O)c1. The predicted octanol–water partition coefficient (Wildman–Crippen LogP) is 2.09. The van der Waals surface area contributed by atoms with Crippen LogP contribution in [0.15, 0.2) is 29.8 Å². The third-order valence-electron chi connectivity index (χ3n) is 3.72. The van der Waals surface area contributed by atoms with Crippen molar-refractivity contribution in [1.82, 2.24) is 10.2 Å². The summed E-state index contributed by atoms with van der Waals surface area (Å²) in [6.07, 6.45) is 1.14. The number of benzene rings is 1. The fourth-order valence-corrected chi connectivity index (χ4v) is 2.96. The number of rotatable bonds is 4. The normalized spacial score (nSPS) is 17.8. The number of amides is 2. The molecule has 22 heavy (non-hydrogen) atoms. The van der Waals surface area contributed by atoms with Gasteiger partial charge in [0.25, 0.3) is 0 Å². The first-order valence-corrected chi connectivity index (χ1v) is 8.01. The molecule has 6 nitrogen and oxygen atoms in total. The van der Waals surface area contributed by atoms with E-state index in [4.69, 9.17) is 0 Å².